The van der Waals surface area contributed by atoms with E-state index >= 15 is 0 Å². The number of carbonyl (C=O) groups excluding carboxylic acids is 1. The molecule has 5 rings (SSSR count). The molecule has 1 N–H and O–H groups in total. The van der Waals surface area contributed by atoms with Crippen molar-refractivity contribution >= 4 is 5.91 Å². The molecule has 172 valence electrons. The van der Waals surface area contributed by atoms with Crippen LogP contribution in [0.25, 0.3) is 0 Å². The van der Waals surface area contributed by atoms with Crippen LogP contribution in [-0.4, -0.2) is 77.5 Å². The van der Waals surface area contributed by atoms with Crippen molar-refractivity contribution in [3.05, 3.63) is 52.3 Å². The molecular formula is C25H35N5O2. The topological polar surface area (TPSA) is 62.6 Å². The Bertz CT molecular complexity index is 950. The molecule has 32 heavy (non-hydrogen) atoms. The minimum Gasteiger partial charge on any atom is -0.379 e. The van der Waals surface area contributed by atoms with Gasteiger partial charge in [0.15, 0.2) is 5.69 Å². The highest BCUT2D eigenvalue weighted by molar-refractivity contribution is 5.94. The van der Waals surface area contributed by atoms with Crippen LogP contribution in [0.1, 0.15) is 45.7 Å². The Morgan fingerprint density at radius 1 is 1.16 bits per heavy atom. The van der Waals surface area contributed by atoms with E-state index in [2.05, 4.69) is 34.5 Å². The first kappa shape index (κ1) is 21.6. The second-order valence-corrected chi connectivity index (χ2v) is 9.34. The van der Waals surface area contributed by atoms with Crippen molar-refractivity contribution < 1.29 is 9.53 Å². The lowest BCUT2D eigenvalue weighted by molar-refractivity contribution is 0.0373. The van der Waals surface area contributed by atoms with Gasteiger partial charge in [-0.3, -0.25) is 14.4 Å². The summed E-state index contributed by atoms with van der Waals surface area (Å²) in [5.74, 6) is 0.0873. The highest BCUT2D eigenvalue weighted by Gasteiger charge is 2.31. The van der Waals surface area contributed by atoms with Crippen LogP contribution >= 0.6 is 0 Å². The third-order valence-corrected chi connectivity index (χ3v) is 7.26. The van der Waals surface area contributed by atoms with Gasteiger partial charge in [-0.05, 0) is 56.3 Å². The van der Waals surface area contributed by atoms with E-state index in [1.165, 1.54) is 16.8 Å². The molecule has 7 heteroatoms. The van der Waals surface area contributed by atoms with Gasteiger partial charge in [-0.15, -0.1) is 0 Å². The van der Waals surface area contributed by atoms with Crippen molar-refractivity contribution in [1.29, 1.82) is 0 Å². The van der Waals surface area contributed by atoms with Crippen LogP contribution in [-0.2, 0) is 37.6 Å². The summed E-state index contributed by atoms with van der Waals surface area (Å²) in [6, 6.07) is 8.88. The van der Waals surface area contributed by atoms with E-state index in [0.717, 1.165) is 83.6 Å². The van der Waals surface area contributed by atoms with Gasteiger partial charge < -0.3 is 15.0 Å². The lowest BCUT2D eigenvalue weighted by atomic mass is 9.90. The fraction of sp³-hybridized carbons (Fsp3) is 0.600. The van der Waals surface area contributed by atoms with Gasteiger partial charge in [-0.2, -0.15) is 5.10 Å². The van der Waals surface area contributed by atoms with Gasteiger partial charge >= 0.3 is 0 Å². The molecule has 0 radical (unpaired) electrons. The molecule has 3 aliphatic rings. The number of nitrogens with zero attached hydrogens (tertiary/aromatic N) is 4. The molecule has 1 unspecified atom stereocenters. The summed E-state index contributed by atoms with van der Waals surface area (Å²) in [5, 5.41) is 8.44. The molecular weight excluding hydrogens is 402 g/mol. The summed E-state index contributed by atoms with van der Waals surface area (Å²) in [6.45, 7) is 7.42. The molecule has 1 atom stereocenters. The van der Waals surface area contributed by atoms with Crippen LogP contribution in [0.2, 0.25) is 0 Å². The zero-order chi connectivity index (χ0) is 21.9. The molecule has 0 bridgehead atoms. The summed E-state index contributed by atoms with van der Waals surface area (Å²) in [5.41, 5.74) is 5.68. The third kappa shape index (κ3) is 4.60. The Hall–Kier alpha value is -2.22. The van der Waals surface area contributed by atoms with Crippen molar-refractivity contribution in [2.45, 2.75) is 44.7 Å². The molecule has 1 aromatic heterocycles. The van der Waals surface area contributed by atoms with Crippen LogP contribution in [0, 0.1) is 0 Å². The zero-order valence-corrected chi connectivity index (χ0v) is 19.2. The number of benzene rings is 1. The van der Waals surface area contributed by atoms with Gasteiger partial charge in [0.2, 0.25) is 0 Å². The first-order valence-corrected chi connectivity index (χ1v) is 12.1. The highest BCUT2D eigenvalue weighted by Crippen LogP contribution is 2.27. The van der Waals surface area contributed by atoms with Crippen LogP contribution in [0.5, 0.6) is 0 Å². The molecule has 1 aliphatic carbocycles. The second-order valence-electron chi connectivity index (χ2n) is 9.34. The first-order chi connectivity index (χ1) is 15.7. The van der Waals surface area contributed by atoms with Crippen molar-refractivity contribution in [2.24, 2.45) is 7.05 Å². The summed E-state index contributed by atoms with van der Waals surface area (Å²) >= 11 is 0. The van der Waals surface area contributed by atoms with Gasteiger partial charge in [0.1, 0.15) is 0 Å². The van der Waals surface area contributed by atoms with E-state index in [4.69, 9.17) is 9.84 Å². The van der Waals surface area contributed by atoms with Crippen LogP contribution in [0.3, 0.4) is 0 Å². The number of morpholine rings is 1. The Morgan fingerprint density at radius 3 is 2.81 bits per heavy atom. The lowest BCUT2D eigenvalue weighted by Crippen LogP contribution is -2.40. The van der Waals surface area contributed by atoms with Crippen molar-refractivity contribution in [3.63, 3.8) is 0 Å². The van der Waals surface area contributed by atoms with E-state index in [1.807, 2.05) is 16.6 Å². The van der Waals surface area contributed by atoms with Gasteiger partial charge in [0.25, 0.3) is 5.91 Å². The van der Waals surface area contributed by atoms with E-state index in [1.54, 1.807) is 0 Å². The number of ether oxygens (including phenoxy) is 1. The normalized spacial score (nSPS) is 21.3. The summed E-state index contributed by atoms with van der Waals surface area (Å²) in [4.78, 5) is 17.9. The van der Waals surface area contributed by atoms with Gasteiger partial charge in [-0.25, -0.2) is 0 Å². The minimum atomic E-state index is 0.0873. The number of hydrogen-bond donors (Lipinski definition) is 1. The maximum atomic E-state index is 13.5. The van der Waals surface area contributed by atoms with Crippen molar-refractivity contribution in [2.75, 3.05) is 45.9 Å². The van der Waals surface area contributed by atoms with Gasteiger partial charge in [0.05, 0.1) is 13.2 Å². The molecule has 1 saturated heterocycles. The Balaban J connectivity index is 1.20. The predicted octanol–water partition coefficient (Wildman–Crippen LogP) is 1.79. The van der Waals surface area contributed by atoms with Gasteiger partial charge in [-0.1, -0.05) is 24.3 Å². The fourth-order valence-corrected chi connectivity index (χ4v) is 5.39. The maximum Gasteiger partial charge on any atom is 0.274 e. The standard InChI is InChI=1S/C25H35N5O2/c1-28-23-8-7-21(26-10-4-11-29-13-15-32-16-14-29)17-22(23)24(27-28)25(31)30-12-9-19-5-2-3-6-20(19)18-30/h2-3,5-6,21,26H,4,7-18H2,1H3. The Labute approximate surface area is 190 Å². The predicted molar refractivity (Wildman–Crippen MR) is 124 cm³/mol. The molecule has 0 spiro atoms. The number of amides is 1. The molecule has 2 aliphatic heterocycles. The average Bonchev–Trinajstić information content (AvgIpc) is 3.17. The number of carbonyl (C=O) groups is 1. The molecule has 1 fully saturated rings. The smallest absolute Gasteiger partial charge is 0.274 e. The average molecular weight is 438 g/mol. The largest absolute Gasteiger partial charge is 0.379 e. The highest BCUT2D eigenvalue weighted by atomic mass is 16.5. The summed E-state index contributed by atoms with van der Waals surface area (Å²) in [6.07, 6.45) is 5.05. The van der Waals surface area contributed by atoms with E-state index in [9.17, 15) is 4.79 Å². The fourth-order valence-electron chi connectivity index (χ4n) is 5.39. The van der Waals surface area contributed by atoms with Crippen LogP contribution in [0.4, 0.5) is 0 Å². The van der Waals surface area contributed by atoms with Crippen molar-refractivity contribution in [1.82, 2.24) is 24.9 Å². The lowest BCUT2D eigenvalue weighted by Gasteiger charge is -2.29. The molecule has 7 nitrogen and oxygen atoms in total. The van der Waals surface area contributed by atoms with E-state index < -0.39 is 0 Å². The number of fused-ring (bicyclic) bond motifs is 2. The van der Waals surface area contributed by atoms with Crippen LogP contribution in [0.15, 0.2) is 24.3 Å². The Kier molecular flexibility index (Phi) is 6.57. The zero-order valence-electron chi connectivity index (χ0n) is 19.2. The summed E-state index contributed by atoms with van der Waals surface area (Å²) < 4.78 is 7.37. The molecule has 1 amide bonds. The second kappa shape index (κ2) is 9.73. The monoisotopic (exact) mass is 437 g/mol. The SMILES string of the molecule is Cn1nc(C(=O)N2CCc3ccccc3C2)c2c1CCC(NCCCN1CCOCC1)C2. The molecule has 2 aromatic rings. The summed E-state index contributed by atoms with van der Waals surface area (Å²) in [7, 11) is 1.98. The van der Waals surface area contributed by atoms with Gasteiger partial charge in [0, 0.05) is 50.5 Å². The number of rotatable bonds is 6. The number of hydrogen-bond acceptors (Lipinski definition) is 5. The van der Waals surface area contributed by atoms with Crippen molar-refractivity contribution in [3.8, 4) is 0 Å². The molecule has 3 heterocycles. The number of aromatic nitrogens is 2. The third-order valence-electron chi connectivity index (χ3n) is 7.26. The molecule has 1 aromatic carbocycles. The molecule has 0 saturated carbocycles. The quantitative estimate of drug-likeness (QED) is 0.698. The van der Waals surface area contributed by atoms with E-state index in [0.29, 0.717) is 18.3 Å². The number of aryl methyl sites for hydroxylation is 1. The first-order valence-electron chi connectivity index (χ1n) is 12.1. The minimum absolute atomic E-state index is 0.0873. The van der Waals surface area contributed by atoms with Crippen LogP contribution < -0.4 is 5.32 Å². The Morgan fingerprint density at radius 2 is 1.97 bits per heavy atom. The van der Waals surface area contributed by atoms with E-state index in [-0.39, 0.29) is 5.91 Å². The number of nitrogens with one attached hydrogen (secondary N) is 1. The maximum absolute atomic E-state index is 13.5.